The molecule has 0 spiro atoms. The molecule has 4 aromatic rings. The van der Waals surface area contributed by atoms with Crippen LogP contribution in [0.3, 0.4) is 0 Å². The Morgan fingerprint density at radius 2 is 2.00 bits per heavy atom. The second kappa shape index (κ2) is 9.81. The average molecular weight is 588 g/mol. The first kappa shape index (κ1) is 24.5. The van der Waals surface area contributed by atoms with Crippen molar-refractivity contribution >= 4 is 44.7 Å². The molecule has 0 saturated carbocycles. The number of halogens is 1. The molecule has 0 unspecified atom stereocenters. The Bertz CT molecular complexity index is 1820. The van der Waals surface area contributed by atoms with Gasteiger partial charge in [0.05, 0.1) is 32.3 Å². The zero-order valence-electron chi connectivity index (χ0n) is 20.4. The molecule has 190 valence electrons. The highest BCUT2D eigenvalue weighted by molar-refractivity contribution is 9.10. The number of nitrogens with zero attached hydrogens (tertiary/aromatic N) is 3. The van der Waals surface area contributed by atoms with E-state index in [2.05, 4.69) is 28.1 Å². The summed E-state index contributed by atoms with van der Waals surface area (Å²) in [6, 6.07) is 20.0. The lowest BCUT2D eigenvalue weighted by Crippen LogP contribution is -2.38. The lowest BCUT2D eigenvalue weighted by Gasteiger charge is -2.30. The fraction of sp³-hybridized carbons (Fsp3) is 0.172. The molecule has 0 fully saturated rings. The molecular formula is C29H22BrN3O4S. The van der Waals surface area contributed by atoms with Crippen LogP contribution >= 0.6 is 27.3 Å². The summed E-state index contributed by atoms with van der Waals surface area (Å²) in [5, 5.41) is 11.6. The number of benzene rings is 3. The maximum Gasteiger partial charge on any atom is 0.271 e. The van der Waals surface area contributed by atoms with Gasteiger partial charge in [-0.05, 0) is 76.2 Å². The van der Waals surface area contributed by atoms with Crippen LogP contribution in [0.2, 0.25) is 0 Å². The van der Waals surface area contributed by atoms with E-state index < -0.39 is 11.0 Å². The molecular weight excluding hydrogens is 566 g/mol. The van der Waals surface area contributed by atoms with E-state index in [0.717, 1.165) is 45.5 Å². The molecule has 3 aromatic carbocycles. The standard InChI is InChI=1S/C29H22BrN3O4S/c1-2-37-24-13-10-17(14-23(24)30)15-25-28(34)32-27(19-7-5-8-20(16-19)33(35)36)22-12-11-18-6-3-4-9-21(18)26(22)31-29(32)38-25/h3-10,13-16,27H,2,11-12H2,1H3/b25-15+/t27-/m1/s1. The molecule has 0 amide bonds. The van der Waals surface area contributed by atoms with Gasteiger partial charge in [-0.1, -0.05) is 53.8 Å². The molecule has 1 aliphatic heterocycles. The minimum Gasteiger partial charge on any atom is -0.493 e. The van der Waals surface area contributed by atoms with E-state index in [0.29, 0.717) is 21.5 Å². The van der Waals surface area contributed by atoms with Gasteiger partial charge in [-0.15, -0.1) is 0 Å². The first-order valence-corrected chi connectivity index (χ1v) is 13.9. The lowest BCUT2D eigenvalue weighted by atomic mass is 9.83. The smallest absolute Gasteiger partial charge is 0.271 e. The van der Waals surface area contributed by atoms with Crippen LogP contribution in [0.15, 0.2) is 86.6 Å². The van der Waals surface area contributed by atoms with E-state index >= 15 is 0 Å². The van der Waals surface area contributed by atoms with Gasteiger partial charge in [0.1, 0.15) is 5.75 Å². The molecule has 6 rings (SSSR count). The lowest BCUT2D eigenvalue weighted by molar-refractivity contribution is -0.384. The van der Waals surface area contributed by atoms with E-state index in [1.807, 2.05) is 49.4 Å². The van der Waals surface area contributed by atoms with Crippen LogP contribution < -0.4 is 19.6 Å². The predicted octanol–water partition coefficient (Wildman–Crippen LogP) is 5.39. The van der Waals surface area contributed by atoms with Gasteiger partial charge in [0, 0.05) is 17.7 Å². The molecule has 0 saturated heterocycles. The fourth-order valence-corrected chi connectivity index (χ4v) is 6.67. The zero-order chi connectivity index (χ0) is 26.4. The molecule has 7 nitrogen and oxygen atoms in total. The first-order chi connectivity index (χ1) is 18.4. The van der Waals surface area contributed by atoms with Gasteiger partial charge in [0.25, 0.3) is 11.2 Å². The average Bonchev–Trinajstić information content (AvgIpc) is 3.23. The molecule has 38 heavy (non-hydrogen) atoms. The predicted molar refractivity (Wildman–Crippen MR) is 151 cm³/mol. The molecule has 2 aliphatic rings. The molecule has 1 atom stereocenters. The van der Waals surface area contributed by atoms with Crippen LogP contribution in [0.25, 0.3) is 11.8 Å². The quantitative estimate of drug-likeness (QED) is 0.231. The number of hydrogen-bond donors (Lipinski definition) is 0. The van der Waals surface area contributed by atoms with E-state index in [1.165, 1.54) is 23.0 Å². The van der Waals surface area contributed by atoms with Crippen molar-refractivity contribution in [3.8, 4) is 5.75 Å². The third-order valence-electron chi connectivity index (χ3n) is 6.82. The Morgan fingerprint density at radius 3 is 2.79 bits per heavy atom. The Morgan fingerprint density at radius 1 is 1.16 bits per heavy atom. The van der Waals surface area contributed by atoms with Crippen molar-refractivity contribution < 1.29 is 9.66 Å². The van der Waals surface area contributed by atoms with Crippen molar-refractivity contribution in [3.63, 3.8) is 0 Å². The number of fused-ring (bicyclic) bond motifs is 3. The number of rotatable bonds is 5. The van der Waals surface area contributed by atoms with E-state index in [4.69, 9.17) is 9.73 Å². The van der Waals surface area contributed by atoms with Crippen LogP contribution in [0.1, 0.15) is 41.6 Å². The fourth-order valence-electron chi connectivity index (χ4n) is 5.16. The van der Waals surface area contributed by atoms with Crippen molar-refractivity contribution in [3.05, 3.63) is 129 Å². The van der Waals surface area contributed by atoms with Gasteiger partial charge in [-0.25, -0.2) is 4.99 Å². The van der Waals surface area contributed by atoms with Crippen LogP contribution in [0, 0.1) is 10.1 Å². The van der Waals surface area contributed by atoms with Gasteiger partial charge in [-0.3, -0.25) is 19.5 Å². The summed E-state index contributed by atoms with van der Waals surface area (Å²) in [7, 11) is 0. The van der Waals surface area contributed by atoms with Crippen molar-refractivity contribution in [1.82, 2.24) is 4.57 Å². The SMILES string of the molecule is CCOc1ccc(/C=c2/sc3n(c2=O)[C@H](c2cccc([N+](=O)[O-])c2)C2=C(N=3)c3ccccc3CC2)cc1Br. The van der Waals surface area contributed by atoms with Gasteiger partial charge in [0.15, 0.2) is 4.80 Å². The van der Waals surface area contributed by atoms with Crippen LogP contribution in [0.5, 0.6) is 5.75 Å². The van der Waals surface area contributed by atoms with Gasteiger partial charge in [-0.2, -0.15) is 0 Å². The first-order valence-electron chi connectivity index (χ1n) is 12.2. The molecule has 0 bridgehead atoms. The zero-order valence-corrected chi connectivity index (χ0v) is 22.8. The molecule has 1 aromatic heterocycles. The number of aryl methyl sites for hydroxylation is 1. The molecule has 9 heteroatoms. The molecule has 0 radical (unpaired) electrons. The molecule has 0 N–H and O–H groups in total. The highest BCUT2D eigenvalue weighted by Crippen LogP contribution is 2.41. The number of nitro benzene ring substituents is 1. The number of ether oxygens (including phenoxy) is 1. The van der Waals surface area contributed by atoms with Crippen molar-refractivity contribution in [2.75, 3.05) is 6.61 Å². The summed E-state index contributed by atoms with van der Waals surface area (Å²) in [5.74, 6) is 0.739. The summed E-state index contributed by atoms with van der Waals surface area (Å²) in [6.07, 6.45) is 3.39. The van der Waals surface area contributed by atoms with Crippen molar-refractivity contribution in [2.24, 2.45) is 4.99 Å². The summed E-state index contributed by atoms with van der Waals surface area (Å²) in [6.45, 7) is 2.48. The highest BCUT2D eigenvalue weighted by Gasteiger charge is 2.33. The van der Waals surface area contributed by atoms with Gasteiger partial charge >= 0.3 is 0 Å². The van der Waals surface area contributed by atoms with Crippen molar-refractivity contribution in [2.45, 2.75) is 25.8 Å². The van der Waals surface area contributed by atoms with Crippen molar-refractivity contribution in [1.29, 1.82) is 0 Å². The summed E-state index contributed by atoms with van der Waals surface area (Å²) < 4.78 is 8.66. The maximum absolute atomic E-state index is 13.9. The van der Waals surface area contributed by atoms with Crippen LogP contribution in [0.4, 0.5) is 5.69 Å². The van der Waals surface area contributed by atoms with E-state index in [1.54, 1.807) is 16.7 Å². The minimum absolute atomic E-state index is 0.000718. The minimum atomic E-state index is -0.469. The Kier molecular flexibility index (Phi) is 6.33. The monoisotopic (exact) mass is 587 g/mol. The number of non-ortho nitro benzene ring substituents is 1. The van der Waals surface area contributed by atoms with E-state index in [9.17, 15) is 14.9 Å². The second-order valence-electron chi connectivity index (χ2n) is 9.09. The molecule has 1 aliphatic carbocycles. The van der Waals surface area contributed by atoms with Crippen LogP contribution in [-0.4, -0.2) is 16.1 Å². The van der Waals surface area contributed by atoms with Crippen LogP contribution in [-0.2, 0) is 6.42 Å². The number of hydrogen-bond acceptors (Lipinski definition) is 6. The Hall–Kier alpha value is -3.82. The summed E-state index contributed by atoms with van der Waals surface area (Å²) in [5.41, 5.74) is 5.53. The number of thiazole rings is 1. The Labute approximate surface area is 230 Å². The number of aromatic nitrogens is 1. The number of allylic oxidation sites excluding steroid dienone is 1. The Balaban J connectivity index is 1.58. The highest BCUT2D eigenvalue weighted by atomic mass is 79.9. The van der Waals surface area contributed by atoms with E-state index in [-0.39, 0.29) is 11.2 Å². The third kappa shape index (κ3) is 4.21. The largest absolute Gasteiger partial charge is 0.493 e. The molecule has 2 heterocycles. The normalized spacial score (nSPS) is 16.4. The third-order valence-corrected chi connectivity index (χ3v) is 8.43. The second-order valence-corrected chi connectivity index (χ2v) is 11.0. The number of nitro groups is 1. The topological polar surface area (TPSA) is 86.7 Å². The summed E-state index contributed by atoms with van der Waals surface area (Å²) >= 11 is 4.88. The van der Waals surface area contributed by atoms with Gasteiger partial charge < -0.3 is 4.74 Å². The summed E-state index contributed by atoms with van der Waals surface area (Å²) in [4.78, 5) is 30.6. The maximum atomic E-state index is 13.9. The van der Waals surface area contributed by atoms with Gasteiger partial charge in [0.2, 0.25) is 0 Å².